The number of carbonyl (C=O) groups is 2. The second-order valence-electron chi connectivity index (χ2n) is 4.30. The van der Waals surface area contributed by atoms with Crippen molar-refractivity contribution < 1.29 is 14.3 Å². The van der Waals surface area contributed by atoms with Crippen molar-refractivity contribution in [2.45, 2.75) is 6.92 Å². The SMILES string of the molecule is Cc1csc(NC(=O)c2ccc3c(c2)NC(=O)CO3)n1. The third-order valence-electron chi connectivity index (χ3n) is 2.71. The largest absolute Gasteiger partial charge is 0.482 e. The third kappa shape index (κ3) is 2.48. The molecule has 0 spiro atoms. The zero-order valence-corrected chi connectivity index (χ0v) is 11.4. The van der Waals surface area contributed by atoms with Gasteiger partial charge in [0.25, 0.3) is 11.8 Å². The van der Waals surface area contributed by atoms with Crippen LogP contribution in [0.25, 0.3) is 0 Å². The molecule has 1 aliphatic heterocycles. The lowest BCUT2D eigenvalue weighted by Gasteiger charge is -2.18. The van der Waals surface area contributed by atoms with Crippen LogP contribution in [0.1, 0.15) is 16.1 Å². The van der Waals surface area contributed by atoms with Crippen molar-refractivity contribution in [2.24, 2.45) is 0 Å². The van der Waals surface area contributed by atoms with Crippen molar-refractivity contribution in [3.63, 3.8) is 0 Å². The smallest absolute Gasteiger partial charge is 0.262 e. The fourth-order valence-corrected chi connectivity index (χ4v) is 2.49. The van der Waals surface area contributed by atoms with Crippen LogP contribution in [-0.4, -0.2) is 23.4 Å². The van der Waals surface area contributed by atoms with Crippen molar-refractivity contribution in [1.29, 1.82) is 0 Å². The molecule has 1 aromatic heterocycles. The number of aryl methyl sites for hydroxylation is 1. The number of amides is 2. The topological polar surface area (TPSA) is 80.3 Å². The van der Waals surface area contributed by atoms with Gasteiger partial charge in [-0.15, -0.1) is 11.3 Å². The number of hydrogen-bond acceptors (Lipinski definition) is 5. The van der Waals surface area contributed by atoms with Gasteiger partial charge in [-0.25, -0.2) is 4.98 Å². The molecular formula is C13H11N3O3S. The molecule has 2 aromatic rings. The Balaban J connectivity index is 1.81. The number of anilines is 2. The zero-order chi connectivity index (χ0) is 14.1. The van der Waals surface area contributed by atoms with E-state index in [0.717, 1.165) is 5.69 Å². The Morgan fingerprint density at radius 3 is 3.10 bits per heavy atom. The predicted molar refractivity (Wildman–Crippen MR) is 75.4 cm³/mol. The first-order valence-corrected chi connectivity index (χ1v) is 6.80. The molecule has 7 heteroatoms. The maximum absolute atomic E-state index is 12.1. The van der Waals surface area contributed by atoms with Crippen molar-refractivity contribution >= 4 is 34.0 Å². The standard InChI is InChI=1S/C13H11N3O3S/c1-7-6-20-13(14-7)16-12(18)8-2-3-10-9(4-8)15-11(17)5-19-10/h2-4,6H,5H2,1H3,(H,15,17)(H,14,16,18). The number of nitrogens with zero attached hydrogens (tertiary/aromatic N) is 1. The van der Waals surface area contributed by atoms with Gasteiger partial charge in [0.1, 0.15) is 5.75 Å². The molecule has 0 fully saturated rings. The molecule has 1 aliphatic rings. The first-order chi connectivity index (χ1) is 9.61. The summed E-state index contributed by atoms with van der Waals surface area (Å²) < 4.78 is 5.24. The van der Waals surface area contributed by atoms with Gasteiger partial charge >= 0.3 is 0 Å². The zero-order valence-electron chi connectivity index (χ0n) is 10.6. The van der Waals surface area contributed by atoms with E-state index in [1.54, 1.807) is 18.2 Å². The first-order valence-electron chi connectivity index (χ1n) is 5.92. The van der Waals surface area contributed by atoms with E-state index >= 15 is 0 Å². The maximum Gasteiger partial charge on any atom is 0.262 e. The Hall–Kier alpha value is -2.41. The predicted octanol–water partition coefficient (Wildman–Crippen LogP) is 2.03. The molecule has 2 heterocycles. The van der Waals surface area contributed by atoms with Crippen molar-refractivity contribution in [2.75, 3.05) is 17.2 Å². The summed E-state index contributed by atoms with van der Waals surface area (Å²) in [6, 6.07) is 4.89. The Bertz CT molecular complexity index is 696. The molecule has 6 nitrogen and oxygen atoms in total. The van der Waals surface area contributed by atoms with Crippen molar-refractivity contribution in [3.8, 4) is 5.75 Å². The molecule has 0 unspecified atom stereocenters. The van der Waals surface area contributed by atoms with E-state index in [4.69, 9.17) is 4.74 Å². The number of benzene rings is 1. The van der Waals surface area contributed by atoms with Crippen LogP contribution in [0.3, 0.4) is 0 Å². The summed E-state index contributed by atoms with van der Waals surface area (Å²) in [7, 11) is 0. The number of hydrogen-bond donors (Lipinski definition) is 2. The molecule has 20 heavy (non-hydrogen) atoms. The lowest BCUT2D eigenvalue weighted by molar-refractivity contribution is -0.118. The number of fused-ring (bicyclic) bond motifs is 1. The van der Waals surface area contributed by atoms with E-state index < -0.39 is 0 Å². The molecule has 0 saturated carbocycles. The van der Waals surface area contributed by atoms with E-state index in [2.05, 4.69) is 15.6 Å². The van der Waals surface area contributed by atoms with E-state index in [1.807, 2.05) is 12.3 Å². The molecule has 2 N–H and O–H groups in total. The number of rotatable bonds is 2. The average molecular weight is 289 g/mol. The van der Waals surface area contributed by atoms with Crippen LogP contribution >= 0.6 is 11.3 Å². The Morgan fingerprint density at radius 2 is 2.35 bits per heavy atom. The summed E-state index contributed by atoms with van der Waals surface area (Å²) in [6.45, 7) is 1.86. The van der Waals surface area contributed by atoms with Crippen LogP contribution in [0.4, 0.5) is 10.8 Å². The first kappa shape index (κ1) is 12.6. The van der Waals surface area contributed by atoms with Gasteiger partial charge < -0.3 is 10.1 Å². The average Bonchev–Trinajstić information content (AvgIpc) is 2.83. The van der Waals surface area contributed by atoms with Gasteiger partial charge in [0.15, 0.2) is 11.7 Å². The molecule has 2 amide bonds. The summed E-state index contributed by atoms with van der Waals surface area (Å²) in [4.78, 5) is 27.5. The second-order valence-corrected chi connectivity index (χ2v) is 5.15. The lowest BCUT2D eigenvalue weighted by atomic mass is 10.1. The normalized spacial score (nSPS) is 13.2. The van der Waals surface area contributed by atoms with Gasteiger partial charge in [0.2, 0.25) is 0 Å². The third-order valence-corrected chi connectivity index (χ3v) is 3.59. The van der Waals surface area contributed by atoms with E-state index in [1.165, 1.54) is 11.3 Å². The highest BCUT2D eigenvalue weighted by atomic mass is 32.1. The summed E-state index contributed by atoms with van der Waals surface area (Å²) in [5, 5.41) is 7.78. The molecule has 0 radical (unpaired) electrons. The molecule has 102 valence electrons. The van der Waals surface area contributed by atoms with E-state index in [0.29, 0.717) is 22.1 Å². The number of aromatic nitrogens is 1. The van der Waals surface area contributed by atoms with Crippen LogP contribution in [-0.2, 0) is 4.79 Å². The van der Waals surface area contributed by atoms with Gasteiger partial charge in [0.05, 0.1) is 11.4 Å². The summed E-state index contributed by atoms with van der Waals surface area (Å²) in [5.41, 5.74) is 1.79. The molecule has 3 rings (SSSR count). The molecule has 1 aromatic carbocycles. The highest BCUT2D eigenvalue weighted by Crippen LogP contribution is 2.28. The Kier molecular flexibility index (Phi) is 3.11. The maximum atomic E-state index is 12.1. The number of carbonyl (C=O) groups excluding carboxylic acids is 2. The molecule has 0 bridgehead atoms. The monoisotopic (exact) mass is 289 g/mol. The molecule has 0 saturated heterocycles. The second kappa shape index (κ2) is 4.93. The van der Waals surface area contributed by atoms with Crippen LogP contribution in [0.2, 0.25) is 0 Å². The highest BCUT2D eigenvalue weighted by molar-refractivity contribution is 7.13. The van der Waals surface area contributed by atoms with Gasteiger partial charge in [0, 0.05) is 10.9 Å². The quantitative estimate of drug-likeness (QED) is 0.886. The number of nitrogens with one attached hydrogen (secondary N) is 2. The minimum atomic E-state index is -0.276. The minimum Gasteiger partial charge on any atom is -0.482 e. The minimum absolute atomic E-state index is 0.00304. The van der Waals surface area contributed by atoms with Gasteiger partial charge in [-0.05, 0) is 25.1 Å². The van der Waals surface area contributed by atoms with Gasteiger partial charge in [-0.3, -0.25) is 14.9 Å². The molecule has 0 atom stereocenters. The number of thiazole rings is 1. The van der Waals surface area contributed by atoms with Crippen molar-refractivity contribution in [3.05, 3.63) is 34.8 Å². The van der Waals surface area contributed by atoms with Gasteiger partial charge in [-0.2, -0.15) is 0 Å². The Labute approximate surface area is 118 Å². The summed E-state index contributed by atoms with van der Waals surface area (Å²) in [6.07, 6.45) is 0. The summed E-state index contributed by atoms with van der Waals surface area (Å²) in [5.74, 6) is 0.0545. The number of ether oxygens (including phenoxy) is 1. The highest BCUT2D eigenvalue weighted by Gasteiger charge is 2.18. The van der Waals surface area contributed by atoms with Crippen LogP contribution < -0.4 is 15.4 Å². The van der Waals surface area contributed by atoms with E-state index in [9.17, 15) is 9.59 Å². The van der Waals surface area contributed by atoms with Gasteiger partial charge in [-0.1, -0.05) is 0 Å². The molecule has 0 aliphatic carbocycles. The lowest BCUT2D eigenvalue weighted by Crippen LogP contribution is -2.25. The fourth-order valence-electron chi connectivity index (χ4n) is 1.81. The van der Waals surface area contributed by atoms with Crippen LogP contribution in [0.5, 0.6) is 5.75 Å². The Morgan fingerprint density at radius 1 is 1.50 bits per heavy atom. The van der Waals surface area contributed by atoms with Crippen LogP contribution in [0.15, 0.2) is 23.6 Å². The molecular weight excluding hydrogens is 278 g/mol. The summed E-state index contributed by atoms with van der Waals surface area (Å²) >= 11 is 1.36. The van der Waals surface area contributed by atoms with E-state index in [-0.39, 0.29) is 18.4 Å². The van der Waals surface area contributed by atoms with Crippen LogP contribution in [0, 0.1) is 6.92 Å². The fraction of sp³-hybridized carbons (Fsp3) is 0.154. The van der Waals surface area contributed by atoms with Crippen molar-refractivity contribution in [1.82, 2.24) is 4.98 Å².